The molecular formula is C16H21F3N4OS. The Kier molecular flexibility index (Phi) is 6.77. The fourth-order valence-corrected chi connectivity index (χ4v) is 3.31. The lowest BCUT2D eigenvalue weighted by atomic mass is 10.1. The predicted molar refractivity (Wildman–Crippen MR) is 92.4 cm³/mol. The van der Waals surface area contributed by atoms with E-state index in [0.29, 0.717) is 13.1 Å². The molecule has 0 saturated carbocycles. The van der Waals surface area contributed by atoms with Crippen molar-refractivity contribution in [3.63, 3.8) is 0 Å². The third kappa shape index (κ3) is 5.96. The number of likely N-dealkylation sites (N-methyl/N-ethyl adjacent to an activating group) is 2. The largest absolute Gasteiger partial charge is 0.573 e. The first-order valence-corrected chi connectivity index (χ1v) is 8.52. The van der Waals surface area contributed by atoms with Gasteiger partial charge in [-0.2, -0.15) is 0 Å². The van der Waals surface area contributed by atoms with Crippen molar-refractivity contribution in [3.8, 4) is 17.0 Å². The molecule has 1 aromatic heterocycles. The molecule has 0 saturated heterocycles. The zero-order valence-electron chi connectivity index (χ0n) is 14.1. The van der Waals surface area contributed by atoms with E-state index in [9.17, 15) is 13.2 Å². The Labute approximate surface area is 148 Å². The highest BCUT2D eigenvalue weighted by atomic mass is 32.1. The Bertz CT molecular complexity index is 673. The number of alkyl halides is 3. The number of benzene rings is 1. The molecular weight excluding hydrogens is 353 g/mol. The molecule has 0 spiro atoms. The molecule has 0 amide bonds. The minimum Gasteiger partial charge on any atom is -0.406 e. The molecule has 138 valence electrons. The number of halogens is 3. The van der Waals surface area contributed by atoms with Gasteiger partial charge in [0.2, 0.25) is 0 Å². The lowest BCUT2D eigenvalue weighted by Gasteiger charge is -2.16. The Hall–Kier alpha value is -1.68. The Balaban J connectivity index is 2.21. The number of nitrogens with zero attached hydrogens (tertiary/aromatic N) is 2. The van der Waals surface area contributed by atoms with E-state index in [1.165, 1.54) is 23.5 Å². The first kappa shape index (κ1) is 19.6. The van der Waals surface area contributed by atoms with Gasteiger partial charge in [-0.05, 0) is 38.4 Å². The summed E-state index contributed by atoms with van der Waals surface area (Å²) in [5.74, 6) is -0.252. The summed E-state index contributed by atoms with van der Waals surface area (Å²) in [5, 5.41) is 3.89. The van der Waals surface area contributed by atoms with Gasteiger partial charge in [0.1, 0.15) is 10.8 Å². The van der Waals surface area contributed by atoms with Gasteiger partial charge in [0, 0.05) is 36.6 Å². The number of thiazole rings is 1. The van der Waals surface area contributed by atoms with Crippen molar-refractivity contribution in [1.82, 2.24) is 15.2 Å². The molecule has 0 radical (unpaired) electrons. The summed E-state index contributed by atoms with van der Waals surface area (Å²) >= 11 is 1.52. The van der Waals surface area contributed by atoms with Gasteiger partial charge in [-0.1, -0.05) is 0 Å². The van der Waals surface area contributed by atoms with Crippen LogP contribution in [0, 0.1) is 0 Å². The van der Waals surface area contributed by atoms with Crippen molar-refractivity contribution >= 4 is 11.3 Å². The molecule has 2 aromatic rings. The monoisotopic (exact) mass is 374 g/mol. The van der Waals surface area contributed by atoms with E-state index >= 15 is 0 Å². The SMILES string of the molecule is CNCCN(C)Cc1sc(CN)nc1-c1ccc(OC(F)(F)F)cc1. The summed E-state index contributed by atoms with van der Waals surface area (Å²) in [6.07, 6.45) is -4.70. The summed E-state index contributed by atoms with van der Waals surface area (Å²) in [7, 11) is 3.90. The zero-order chi connectivity index (χ0) is 18.4. The van der Waals surface area contributed by atoms with Gasteiger partial charge in [0.15, 0.2) is 0 Å². The molecule has 5 nitrogen and oxygen atoms in total. The van der Waals surface area contributed by atoms with Crippen LogP contribution < -0.4 is 15.8 Å². The van der Waals surface area contributed by atoms with E-state index in [1.54, 1.807) is 12.1 Å². The van der Waals surface area contributed by atoms with Gasteiger partial charge in [-0.15, -0.1) is 24.5 Å². The maximum absolute atomic E-state index is 12.3. The van der Waals surface area contributed by atoms with Crippen LogP contribution in [0.4, 0.5) is 13.2 Å². The maximum Gasteiger partial charge on any atom is 0.573 e. The van der Waals surface area contributed by atoms with Crippen molar-refractivity contribution in [2.75, 3.05) is 27.2 Å². The second-order valence-corrected chi connectivity index (χ2v) is 6.67. The summed E-state index contributed by atoms with van der Waals surface area (Å²) in [4.78, 5) is 7.70. The number of nitrogens with two attached hydrogens (primary N) is 1. The Morgan fingerprint density at radius 3 is 2.52 bits per heavy atom. The van der Waals surface area contributed by atoms with Crippen molar-refractivity contribution in [2.45, 2.75) is 19.5 Å². The van der Waals surface area contributed by atoms with E-state index in [-0.39, 0.29) is 5.75 Å². The highest BCUT2D eigenvalue weighted by Crippen LogP contribution is 2.31. The number of nitrogens with one attached hydrogen (secondary N) is 1. The van der Waals surface area contributed by atoms with Gasteiger partial charge in [0.05, 0.1) is 5.69 Å². The van der Waals surface area contributed by atoms with E-state index in [4.69, 9.17) is 5.73 Å². The van der Waals surface area contributed by atoms with Crippen LogP contribution in [0.15, 0.2) is 24.3 Å². The maximum atomic E-state index is 12.3. The molecule has 0 atom stereocenters. The lowest BCUT2D eigenvalue weighted by molar-refractivity contribution is -0.274. The summed E-state index contributed by atoms with van der Waals surface area (Å²) in [6.45, 7) is 2.74. The van der Waals surface area contributed by atoms with Crippen molar-refractivity contribution in [1.29, 1.82) is 0 Å². The average molecular weight is 374 g/mol. The first-order valence-electron chi connectivity index (χ1n) is 7.70. The molecule has 25 heavy (non-hydrogen) atoms. The number of aromatic nitrogens is 1. The number of ether oxygens (including phenoxy) is 1. The van der Waals surface area contributed by atoms with Gasteiger partial charge < -0.3 is 15.8 Å². The van der Waals surface area contributed by atoms with Crippen LogP contribution in [0.1, 0.15) is 9.88 Å². The smallest absolute Gasteiger partial charge is 0.406 e. The predicted octanol–water partition coefficient (Wildman–Crippen LogP) is 2.82. The molecule has 3 N–H and O–H groups in total. The minimum absolute atomic E-state index is 0.252. The minimum atomic E-state index is -4.70. The molecule has 0 aliphatic rings. The number of hydrogen-bond acceptors (Lipinski definition) is 6. The van der Waals surface area contributed by atoms with Gasteiger partial charge >= 0.3 is 6.36 Å². The molecule has 0 aliphatic heterocycles. The summed E-state index contributed by atoms with van der Waals surface area (Å²) in [6, 6.07) is 5.73. The van der Waals surface area contributed by atoms with Gasteiger partial charge in [-0.3, -0.25) is 4.90 Å². The van der Waals surface area contributed by atoms with Crippen LogP contribution in [0.5, 0.6) is 5.75 Å². The molecule has 0 bridgehead atoms. The summed E-state index contributed by atoms with van der Waals surface area (Å²) in [5.41, 5.74) is 7.18. The quantitative estimate of drug-likeness (QED) is 0.744. The third-order valence-corrected chi connectivity index (χ3v) is 4.50. The number of rotatable bonds is 8. The zero-order valence-corrected chi connectivity index (χ0v) is 14.9. The molecule has 0 unspecified atom stereocenters. The van der Waals surface area contributed by atoms with Crippen molar-refractivity contribution in [2.24, 2.45) is 5.73 Å². The van der Waals surface area contributed by atoms with Crippen LogP contribution in [0.3, 0.4) is 0 Å². The highest BCUT2D eigenvalue weighted by molar-refractivity contribution is 7.12. The van der Waals surface area contributed by atoms with Crippen LogP contribution >= 0.6 is 11.3 Å². The van der Waals surface area contributed by atoms with Crippen LogP contribution in [0.2, 0.25) is 0 Å². The van der Waals surface area contributed by atoms with Gasteiger partial charge in [-0.25, -0.2) is 4.98 Å². The van der Waals surface area contributed by atoms with E-state index < -0.39 is 6.36 Å². The second kappa shape index (κ2) is 8.61. The Morgan fingerprint density at radius 1 is 1.28 bits per heavy atom. The lowest BCUT2D eigenvalue weighted by Crippen LogP contribution is -2.26. The van der Waals surface area contributed by atoms with Crippen LogP contribution in [-0.4, -0.2) is 43.4 Å². The number of hydrogen-bond donors (Lipinski definition) is 2. The molecule has 9 heteroatoms. The average Bonchev–Trinajstić information content (AvgIpc) is 2.95. The normalized spacial score (nSPS) is 12.0. The Morgan fingerprint density at radius 2 is 1.96 bits per heavy atom. The van der Waals surface area contributed by atoms with E-state index in [0.717, 1.165) is 34.2 Å². The van der Waals surface area contributed by atoms with Crippen molar-refractivity contribution < 1.29 is 17.9 Å². The van der Waals surface area contributed by atoms with Crippen LogP contribution in [-0.2, 0) is 13.1 Å². The molecule has 0 aliphatic carbocycles. The van der Waals surface area contributed by atoms with E-state index in [2.05, 4.69) is 19.9 Å². The first-order chi connectivity index (χ1) is 11.8. The van der Waals surface area contributed by atoms with Crippen LogP contribution in [0.25, 0.3) is 11.3 Å². The van der Waals surface area contributed by atoms with E-state index in [1.807, 2.05) is 14.1 Å². The molecule has 0 fully saturated rings. The highest BCUT2D eigenvalue weighted by Gasteiger charge is 2.31. The molecule has 2 rings (SSSR count). The second-order valence-electron chi connectivity index (χ2n) is 5.50. The topological polar surface area (TPSA) is 63.4 Å². The molecule has 1 heterocycles. The standard InChI is InChI=1S/C16H21F3N4OS/c1-21-7-8-23(2)10-13-15(22-14(9-20)25-13)11-3-5-12(6-4-11)24-16(17,18)19/h3-6,21H,7-10,20H2,1-2H3. The summed E-state index contributed by atoms with van der Waals surface area (Å²) < 4.78 is 40.7. The fourth-order valence-electron chi connectivity index (χ4n) is 2.26. The van der Waals surface area contributed by atoms with Gasteiger partial charge in [0.25, 0.3) is 0 Å². The third-order valence-electron chi connectivity index (χ3n) is 3.43. The van der Waals surface area contributed by atoms with Crippen molar-refractivity contribution in [3.05, 3.63) is 34.2 Å². The molecule has 1 aromatic carbocycles. The fraction of sp³-hybridized carbons (Fsp3) is 0.438.